The zero-order chi connectivity index (χ0) is 19.7. The van der Waals surface area contributed by atoms with Crippen molar-refractivity contribution in [3.8, 4) is 5.69 Å². The SMILES string of the molecule is Cc1cn(CCC(=O)N2CCOCC2)[n+](=O)c2nn(-c3ccccc3)c(C)c12. The van der Waals surface area contributed by atoms with E-state index in [4.69, 9.17) is 4.74 Å². The zero-order valence-electron chi connectivity index (χ0n) is 16.2. The van der Waals surface area contributed by atoms with Crippen LogP contribution in [0, 0.1) is 18.8 Å². The van der Waals surface area contributed by atoms with Crippen molar-refractivity contribution >= 4 is 16.9 Å². The van der Waals surface area contributed by atoms with Crippen LogP contribution >= 0.6 is 0 Å². The van der Waals surface area contributed by atoms with Gasteiger partial charge in [-0.25, -0.2) is 0 Å². The largest absolute Gasteiger partial charge is 0.422 e. The fourth-order valence-electron chi connectivity index (χ4n) is 3.70. The molecule has 1 saturated heterocycles. The molecule has 1 aliphatic rings. The van der Waals surface area contributed by atoms with Crippen LogP contribution in [0.5, 0.6) is 0 Å². The first-order valence-corrected chi connectivity index (χ1v) is 9.49. The van der Waals surface area contributed by atoms with Gasteiger partial charge in [0.25, 0.3) is 0 Å². The third-order valence-electron chi connectivity index (χ3n) is 5.17. The molecule has 0 unspecified atom stereocenters. The van der Waals surface area contributed by atoms with E-state index in [2.05, 4.69) is 5.10 Å². The Morgan fingerprint density at radius 1 is 1.18 bits per heavy atom. The van der Waals surface area contributed by atoms with Crippen molar-refractivity contribution in [1.82, 2.24) is 19.4 Å². The maximum absolute atomic E-state index is 12.9. The van der Waals surface area contributed by atoms with Crippen molar-refractivity contribution in [1.29, 1.82) is 0 Å². The second-order valence-electron chi connectivity index (χ2n) is 7.02. The molecule has 0 radical (unpaired) electrons. The fraction of sp³-hybridized carbons (Fsp3) is 0.400. The first-order valence-electron chi connectivity index (χ1n) is 9.49. The number of amides is 1. The van der Waals surface area contributed by atoms with Crippen LogP contribution in [0.4, 0.5) is 0 Å². The molecule has 4 rings (SSSR count). The van der Waals surface area contributed by atoms with Crippen LogP contribution in [0.3, 0.4) is 0 Å². The highest BCUT2D eigenvalue weighted by Gasteiger charge is 2.24. The number of carbonyl (C=O) groups is 1. The molecular weight excluding hydrogens is 358 g/mol. The van der Waals surface area contributed by atoms with Gasteiger partial charge in [0.1, 0.15) is 5.39 Å². The number of aryl methyl sites for hydroxylation is 3. The van der Waals surface area contributed by atoms with Crippen molar-refractivity contribution in [3.63, 3.8) is 0 Å². The lowest BCUT2D eigenvalue weighted by molar-refractivity contribution is -0.574. The predicted molar refractivity (Wildman–Crippen MR) is 104 cm³/mol. The maximum atomic E-state index is 12.9. The normalized spacial score (nSPS) is 14.6. The molecular formula is C20H24N5O3+. The van der Waals surface area contributed by atoms with E-state index in [-0.39, 0.29) is 12.3 Å². The van der Waals surface area contributed by atoms with Crippen LogP contribution in [0.1, 0.15) is 17.7 Å². The van der Waals surface area contributed by atoms with Gasteiger partial charge < -0.3 is 9.64 Å². The van der Waals surface area contributed by atoms with E-state index in [0.717, 1.165) is 26.9 Å². The van der Waals surface area contributed by atoms with Crippen LogP contribution in [0.2, 0.25) is 0 Å². The minimum absolute atomic E-state index is 0.0412. The molecule has 0 atom stereocenters. The highest BCUT2D eigenvalue weighted by atomic mass is 16.5. The van der Waals surface area contributed by atoms with Crippen LogP contribution in [0.15, 0.2) is 36.5 Å². The summed E-state index contributed by atoms with van der Waals surface area (Å²) in [7, 11) is 0. The first-order chi connectivity index (χ1) is 13.6. The molecule has 0 saturated carbocycles. The van der Waals surface area contributed by atoms with Gasteiger partial charge in [0.15, 0.2) is 0 Å². The van der Waals surface area contributed by atoms with E-state index in [1.165, 1.54) is 4.68 Å². The van der Waals surface area contributed by atoms with Gasteiger partial charge in [-0.05, 0) is 36.5 Å². The summed E-state index contributed by atoms with van der Waals surface area (Å²) in [4.78, 5) is 27.1. The number of benzene rings is 1. The number of para-hydroxylation sites is 1. The van der Waals surface area contributed by atoms with Crippen molar-refractivity contribution in [2.24, 2.45) is 0 Å². The van der Waals surface area contributed by atoms with Crippen molar-refractivity contribution in [3.05, 3.63) is 52.7 Å². The molecule has 8 heteroatoms. The smallest absolute Gasteiger partial charge is 0.378 e. The molecule has 3 heterocycles. The molecule has 0 bridgehead atoms. The number of hydrogen-bond donors (Lipinski definition) is 0. The number of fused-ring (bicyclic) bond motifs is 1. The summed E-state index contributed by atoms with van der Waals surface area (Å²) in [6.07, 6.45) is 2.07. The fourth-order valence-corrected chi connectivity index (χ4v) is 3.70. The summed E-state index contributed by atoms with van der Waals surface area (Å²) in [5.74, 6) is 0.0412. The molecule has 0 aliphatic carbocycles. The van der Waals surface area contributed by atoms with Crippen molar-refractivity contribution < 1.29 is 14.1 Å². The number of nitrogens with zero attached hydrogens (tertiary/aromatic N) is 5. The van der Waals surface area contributed by atoms with Gasteiger partial charge in [-0.3, -0.25) is 4.79 Å². The Kier molecular flexibility index (Phi) is 4.95. The minimum atomic E-state index is 0.0412. The van der Waals surface area contributed by atoms with Gasteiger partial charge in [-0.2, -0.15) is 4.68 Å². The van der Waals surface area contributed by atoms with E-state index in [0.29, 0.717) is 38.5 Å². The summed E-state index contributed by atoms with van der Waals surface area (Å²) in [6, 6.07) is 9.74. The summed E-state index contributed by atoms with van der Waals surface area (Å²) in [6.45, 7) is 6.60. The number of hydrogen-bond acceptors (Lipinski definition) is 4. The molecule has 0 N–H and O–H groups in total. The van der Waals surface area contributed by atoms with E-state index >= 15 is 0 Å². The van der Waals surface area contributed by atoms with Gasteiger partial charge in [0.2, 0.25) is 5.91 Å². The molecule has 1 aromatic carbocycles. The molecule has 2 aromatic heterocycles. The van der Waals surface area contributed by atoms with Crippen molar-refractivity contribution in [2.45, 2.75) is 26.8 Å². The second-order valence-corrected chi connectivity index (χ2v) is 7.02. The third-order valence-corrected chi connectivity index (χ3v) is 5.17. The molecule has 3 aromatic rings. The Morgan fingerprint density at radius 3 is 2.61 bits per heavy atom. The molecule has 1 aliphatic heterocycles. The third kappa shape index (κ3) is 3.31. The Labute approximate surface area is 162 Å². The van der Waals surface area contributed by atoms with Crippen LogP contribution in [-0.2, 0) is 16.1 Å². The van der Waals surface area contributed by atoms with Crippen LogP contribution in [-0.4, -0.2) is 51.6 Å². The van der Waals surface area contributed by atoms with Gasteiger partial charge in [-0.1, -0.05) is 18.2 Å². The standard InChI is InChI=1S/C20H24N5O3/c1-15-14-23(9-8-18(26)22-10-12-28-13-11-22)25(27)20-19(15)16(2)24(21-20)17-6-4-3-5-7-17/h3-7,14H,8-13H2,1-2H3/q+1. The lowest BCUT2D eigenvalue weighted by Crippen LogP contribution is -2.41. The average Bonchev–Trinajstić information content (AvgIpc) is 3.09. The average molecular weight is 382 g/mol. The Hall–Kier alpha value is -3.00. The zero-order valence-corrected chi connectivity index (χ0v) is 16.2. The van der Waals surface area contributed by atoms with Crippen LogP contribution < -0.4 is 4.54 Å². The second kappa shape index (κ2) is 7.55. The van der Waals surface area contributed by atoms with Gasteiger partial charge in [0.05, 0.1) is 40.8 Å². The maximum Gasteiger partial charge on any atom is 0.422 e. The minimum Gasteiger partial charge on any atom is -0.378 e. The lowest BCUT2D eigenvalue weighted by atomic mass is 10.2. The molecule has 146 valence electrons. The number of morpholine rings is 1. The quantitative estimate of drug-likeness (QED) is 0.643. The van der Waals surface area contributed by atoms with Crippen LogP contribution in [0.25, 0.3) is 16.7 Å². The van der Waals surface area contributed by atoms with E-state index in [1.54, 1.807) is 15.8 Å². The molecule has 0 spiro atoms. The summed E-state index contributed by atoms with van der Waals surface area (Å²) < 4.78 is 9.39. The van der Waals surface area contributed by atoms with Gasteiger partial charge >= 0.3 is 5.65 Å². The summed E-state index contributed by atoms with van der Waals surface area (Å²) >= 11 is 0. The number of carbonyl (C=O) groups excluding carboxylic acids is 1. The molecule has 8 nitrogen and oxygen atoms in total. The monoisotopic (exact) mass is 382 g/mol. The topological polar surface area (TPSA) is 75.3 Å². The molecule has 1 fully saturated rings. The number of ether oxygens (including phenoxy) is 1. The van der Waals surface area contributed by atoms with E-state index in [9.17, 15) is 9.70 Å². The lowest BCUT2D eigenvalue weighted by Gasteiger charge is -2.26. The van der Waals surface area contributed by atoms with E-state index < -0.39 is 0 Å². The highest BCUT2D eigenvalue weighted by Crippen LogP contribution is 2.21. The molecule has 28 heavy (non-hydrogen) atoms. The molecule has 1 amide bonds. The van der Waals surface area contributed by atoms with Gasteiger partial charge in [-0.15, -0.1) is 4.68 Å². The Morgan fingerprint density at radius 2 is 1.89 bits per heavy atom. The first kappa shape index (κ1) is 18.4. The predicted octanol–water partition coefficient (Wildman–Crippen LogP) is 1.61. The van der Waals surface area contributed by atoms with Gasteiger partial charge in [0, 0.05) is 25.7 Å². The Balaban J connectivity index is 1.64. The number of rotatable bonds is 4. The van der Waals surface area contributed by atoms with E-state index in [1.807, 2.05) is 44.2 Å². The summed E-state index contributed by atoms with van der Waals surface area (Å²) in [5.41, 5.74) is 3.14. The summed E-state index contributed by atoms with van der Waals surface area (Å²) in [5, 5.41) is 5.40. The Bertz CT molecular complexity index is 1060. The number of aromatic nitrogens is 4. The van der Waals surface area contributed by atoms with Crippen molar-refractivity contribution in [2.75, 3.05) is 26.3 Å². The highest BCUT2D eigenvalue weighted by molar-refractivity contribution is 5.79.